The van der Waals surface area contributed by atoms with Gasteiger partial charge in [0.05, 0.1) is 6.61 Å². The lowest BCUT2D eigenvalue weighted by molar-refractivity contribution is -0.129. The molecule has 0 unspecified atom stereocenters. The van der Waals surface area contributed by atoms with Crippen molar-refractivity contribution in [3.05, 3.63) is 47.4 Å². The Labute approximate surface area is 234 Å². The highest BCUT2D eigenvalue weighted by Gasteiger charge is 2.28. The minimum Gasteiger partial charge on any atom is -0.380 e. The molecule has 0 bridgehead atoms. The number of anilines is 2. The highest BCUT2D eigenvalue weighted by molar-refractivity contribution is 5.82. The maximum Gasteiger partial charge on any atom is 0.234 e. The number of rotatable bonds is 12. The number of nitriles is 1. The van der Waals surface area contributed by atoms with Crippen molar-refractivity contribution in [3.8, 4) is 6.07 Å². The molecule has 1 aliphatic rings. The van der Waals surface area contributed by atoms with Crippen LogP contribution in [-0.2, 0) is 22.5 Å². The maximum atomic E-state index is 13.3. The van der Waals surface area contributed by atoms with Gasteiger partial charge in [-0.05, 0) is 36.5 Å². The van der Waals surface area contributed by atoms with E-state index < -0.39 is 5.41 Å². The Bertz CT molecular complexity index is 1130. The van der Waals surface area contributed by atoms with E-state index in [1.807, 2.05) is 26.8 Å². The molecule has 0 aliphatic carbocycles. The van der Waals surface area contributed by atoms with E-state index in [2.05, 4.69) is 75.4 Å². The largest absolute Gasteiger partial charge is 0.380 e. The average molecular weight is 536 g/mol. The molecule has 9 heteroatoms. The molecule has 1 aromatic heterocycles. The average Bonchev–Trinajstić information content (AvgIpc) is 2.90. The summed E-state index contributed by atoms with van der Waals surface area (Å²) in [6.07, 6.45) is 2.24. The van der Waals surface area contributed by atoms with Crippen LogP contribution in [0, 0.1) is 22.2 Å². The summed E-state index contributed by atoms with van der Waals surface area (Å²) in [7, 11) is 0. The molecule has 2 aromatic rings. The first-order chi connectivity index (χ1) is 18.5. The molecule has 2 heterocycles. The van der Waals surface area contributed by atoms with Gasteiger partial charge in [-0.1, -0.05) is 46.8 Å². The third kappa shape index (κ3) is 9.48. The molecule has 0 atom stereocenters. The monoisotopic (exact) mass is 535 g/mol. The van der Waals surface area contributed by atoms with Crippen molar-refractivity contribution >= 4 is 17.4 Å². The number of carbonyl (C=O) groups is 1. The Kier molecular flexibility index (Phi) is 10.7. The molecule has 9 nitrogen and oxygen atoms in total. The van der Waals surface area contributed by atoms with Gasteiger partial charge in [-0.2, -0.15) is 5.26 Å². The molecule has 0 saturated carbocycles. The van der Waals surface area contributed by atoms with Gasteiger partial charge >= 0.3 is 0 Å². The van der Waals surface area contributed by atoms with E-state index in [1.165, 1.54) is 5.69 Å². The second-order valence-electron chi connectivity index (χ2n) is 12.0. The molecule has 0 spiro atoms. The molecular weight excluding hydrogens is 490 g/mol. The van der Waals surface area contributed by atoms with Gasteiger partial charge in [0.2, 0.25) is 11.7 Å². The summed E-state index contributed by atoms with van der Waals surface area (Å²) in [4.78, 5) is 26.6. The minimum atomic E-state index is -0.608. The second-order valence-corrected chi connectivity index (χ2v) is 12.0. The van der Waals surface area contributed by atoms with Crippen LogP contribution in [-0.4, -0.2) is 73.3 Å². The van der Waals surface area contributed by atoms with E-state index in [9.17, 15) is 10.1 Å². The Hall–Kier alpha value is -3.22. The van der Waals surface area contributed by atoms with E-state index in [1.54, 1.807) is 6.20 Å². The normalized spacial score (nSPS) is 14.6. The fourth-order valence-electron chi connectivity index (χ4n) is 4.53. The molecule has 1 amide bonds. The Morgan fingerprint density at radius 2 is 1.90 bits per heavy atom. The van der Waals surface area contributed by atoms with E-state index >= 15 is 0 Å². The number of ether oxygens (including phenoxy) is 1. The first kappa shape index (κ1) is 30.3. The number of hydrogen-bond acceptors (Lipinski definition) is 8. The topological polar surface area (TPSA) is 106 Å². The summed E-state index contributed by atoms with van der Waals surface area (Å²) in [5.74, 6) is 0.649. The van der Waals surface area contributed by atoms with Crippen molar-refractivity contribution in [1.29, 1.82) is 5.26 Å². The highest BCUT2D eigenvalue weighted by atomic mass is 16.5. The Morgan fingerprint density at radius 3 is 2.56 bits per heavy atom. The van der Waals surface area contributed by atoms with Crippen LogP contribution in [0.15, 0.2) is 30.5 Å². The number of aromatic nitrogens is 2. The lowest BCUT2D eigenvalue weighted by Crippen LogP contribution is -2.47. The predicted octanol–water partition coefficient (Wildman–Crippen LogP) is 3.85. The molecule has 2 N–H and O–H groups in total. The molecule has 0 radical (unpaired) electrons. The number of hydrogen-bond donors (Lipinski definition) is 2. The molecule has 39 heavy (non-hydrogen) atoms. The van der Waals surface area contributed by atoms with Crippen molar-refractivity contribution in [3.63, 3.8) is 0 Å². The van der Waals surface area contributed by atoms with Crippen LogP contribution >= 0.6 is 0 Å². The maximum absolute atomic E-state index is 13.3. The third-order valence-corrected chi connectivity index (χ3v) is 6.85. The SMILES string of the molecule is CCOCCN1CCN(c2cccc(CC(C)(C)C(=O)NCc3cnc(C#N)nc3NCC(C)(C)C)c2)CC1. The summed E-state index contributed by atoms with van der Waals surface area (Å²) < 4.78 is 5.50. The fraction of sp³-hybridized carbons (Fsp3) is 0.600. The number of carbonyl (C=O) groups excluding carboxylic acids is 1. The molecule has 212 valence electrons. The van der Waals surface area contributed by atoms with Gasteiger partial charge in [0, 0.05) is 75.3 Å². The highest BCUT2D eigenvalue weighted by Crippen LogP contribution is 2.26. The van der Waals surface area contributed by atoms with Gasteiger partial charge in [-0.15, -0.1) is 0 Å². The summed E-state index contributed by atoms with van der Waals surface area (Å²) in [5.41, 5.74) is 2.53. The van der Waals surface area contributed by atoms with Crippen LogP contribution in [0.1, 0.15) is 58.5 Å². The lowest BCUT2D eigenvalue weighted by atomic mass is 9.84. The second kappa shape index (κ2) is 13.7. The van der Waals surface area contributed by atoms with Gasteiger partial charge in [0.15, 0.2) is 0 Å². The summed E-state index contributed by atoms with van der Waals surface area (Å²) in [6.45, 7) is 19.9. The van der Waals surface area contributed by atoms with Crippen LogP contribution in [0.3, 0.4) is 0 Å². The third-order valence-electron chi connectivity index (χ3n) is 6.85. The molecule has 1 aromatic carbocycles. The quantitative estimate of drug-likeness (QED) is 0.395. The zero-order chi connectivity index (χ0) is 28.5. The number of benzene rings is 1. The summed E-state index contributed by atoms with van der Waals surface area (Å²) in [6, 6.07) is 10.5. The van der Waals surface area contributed by atoms with Gasteiger partial charge < -0.3 is 20.3 Å². The molecule has 1 aliphatic heterocycles. The fourth-order valence-corrected chi connectivity index (χ4v) is 4.53. The van der Waals surface area contributed by atoms with Crippen molar-refractivity contribution in [1.82, 2.24) is 20.2 Å². The van der Waals surface area contributed by atoms with E-state index in [0.717, 1.165) is 57.1 Å². The summed E-state index contributed by atoms with van der Waals surface area (Å²) >= 11 is 0. The Balaban J connectivity index is 1.59. The molecule has 1 saturated heterocycles. The van der Waals surface area contributed by atoms with Gasteiger partial charge in [0.25, 0.3) is 0 Å². The van der Waals surface area contributed by atoms with E-state index in [4.69, 9.17) is 4.74 Å². The Morgan fingerprint density at radius 1 is 1.15 bits per heavy atom. The van der Waals surface area contributed by atoms with E-state index in [0.29, 0.717) is 18.8 Å². The smallest absolute Gasteiger partial charge is 0.234 e. The van der Waals surface area contributed by atoms with Crippen molar-refractivity contribution in [2.24, 2.45) is 10.8 Å². The van der Waals surface area contributed by atoms with Crippen molar-refractivity contribution in [2.75, 3.05) is 62.7 Å². The van der Waals surface area contributed by atoms with Crippen LogP contribution < -0.4 is 15.5 Å². The molecular formula is C30H45N7O2. The number of piperazine rings is 1. The lowest BCUT2D eigenvalue weighted by Gasteiger charge is -2.36. The van der Waals surface area contributed by atoms with Gasteiger partial charge in [-0.3, -0.25) is 9.69 Å². The van der Waals surface area contributed by atoms with Crippen LogP contribution in [0.2, 0.25) is 0 Å². The number of nitrogens with one attached hydrogen (secondary N) is 2. The zero-order valence-electron chi connectivity index (χ0n) is 24.5. The standard InChI is InChI=1S/C30H45N7O2/c1-7-39-16-15-36-11-13-37(14-12-36)25-10-8-9-23(17-25)18-30(5,6)28(38)33-21-24-20-32-26(19-31)35-27(24)34-22-29(2,3)4/h8-10,17,20H,7,11-16,18,21-22H2,1-6H3,(H,33,38)(H,32,34,35). The summed E-state index contributed by atoms with van der Waals surface area (Å²) in [5, 5.41) is 15.6. The molecule has 1 fully saturated rings. The van der Waals surface area contributed by atoms with Crippen LogP contribution in [0.4, 0.5) is 11.5 Å². The van der Waals surface area contributed by atoms with Crippen LogP contribution in [0.25, 0.3) is 0 Å². The van der Waals surface area contributed by atoms with E-state index in [-0.39, 0.29) is 23.7 Å². The van der Waals surface area contributed by atoms with Crippen molar-refractivity contribution in [2.45, 2.75) is 54.5 Å². The first-order valence-electron chi connectivity index (χ1n) is 13.9. The van der Waals surface area contributed by atoms with Crippen LogP contribution in [0.5, 0.6) is 0 Å². The van der Waals surface area contributed by atoms with Gasteiger partial charge in [0.1, 0.15) is 11.9 Å². The van der Waals surface area contributed by atoms with Crippen molar-refractivity contribution < 1.29 is 9.53 Å². The van der Waals surface area contributed by atoms with Gasteiger partial charge in [-0.25, -0.2) is 9.97 Å². The number of nitrogens with zero attached hydrogens (tertiary/aromatic N) is 5. The first-order valence-corrected chi connectivity index (χ1v) is 13.9. The zero-order valence-corrected chi connectivity index (χ0v) is 24.5. The number of amides is 1. The predicted molar refractivity (Wildman–Crippen MR) is 156 cm³/mol. The minimum absolute atomic E-state index is 0.0337. The molecule has 3 rings (SSSR count).